The Labute approximate surface area is 137 Å². The van der Waals surface area contributed by atoms with Crippen LogP contribution in [-0.2, 0) is 6.42 Å². The van der Waals surface area contributed by atoms with Gasteiger partial charge in [0.05, 0.1) is 16.8 Å². The first kappa shape index (κ1) is 17.3. The quantitative estimate of drug-likeness (QED) is 0.930. The van der Waals surface area contributed by atoms with Gasteiger partial charge in [0.2, 0.25) is 0 Å². The van der Waals surface area contributed by atoms with Crippen molar-refractivity contribution in [3.05, 3.63) is 55.1 Å². The van der Waals surface area contributed by atoms with Crippen molar-refractivity contribution in [2.75, 3.05) is 0 Å². The van der Waals surface area contributed by atoms with E-state index in [0.717, 1.165) is 10.6 Å². The van der Waals surface area contributed by atoms with Crippen molar-refractivity contribution in [2.45, 2.75) is 40.2 Å². The molecule has 5 nitrogen and oxygen atoms in total. The van der Waals surface area contributed by atoms with Crippen LogP contribution in [0.2, 0.25) is 5.02 Å². The maximum Gasteiger partial charge on any atom is 0.333 e. The molecule has 0 spiro atoms. The number of benzene rings is 1. The first-order valence-electron chi connectivity index (χ1n) is 7.27. The van der Waals surface area contributed by atoms with Gasteiger partial charge < -0.3 is 9.72 Å². The molecule has 0 saturated carbocycles. The fraction of sp³-hybridized carbons (Fsp3) is 0.375. The lowest BCUT2D eigenvalue weighted by Gasteiger charge is -2.15. The summed E-state index contributed by atoms with van der Waals surface area (Å²) in [5, 5.41) is 0.0762. The second-order valence-electron chi connectivity index (χ2n) is 5.43. The first-order chi connectivity index (χ1) is 10.8. The van der Waals surface area contributed by atoms with Gasteiger partial charge in [0, 0.05) is 17.3 Å². The predicted octanol–water partition coefficient (Wildman–Crippen LogP) is 2.98. The molecular weight excluding hydrogens is 323 g/mol. The van der Waals surface area contributed by atoms with Crippen molar-refractivity contribution in [3.8, 4) is 11.4 Å². The molecule has 124 valence electrons. The van der Waals surface area contributed by atoms with Crippen LogP contribution in [0.1, 0.15) is 32.0 Å². The van der Waals surface area contributed by atoms with Crippen LogP contribution in [0.15, 0.2) is 21.7 Å². The predicted molar refractivity (Wildman–Crippen MR) is 87.5 cm³/mol. The molecule has 0 unspecified atom stereocenters. The summed E-state index contributed by atoms with van der Waals surface area (Å²) in [4.78, 5) is 27.2. The summed E-state index contributed by atoms with van der Waals surface area (Å²) in [5.41, 5.74) is -0.546. The van der Waals surface area contributed by atoms with Crippen LogP contribution in [0.25, 0.3) is 5.69 Å². The lowest BCUT2D eigenvalue weighted by molar-refractivity contribution is 0.242. The van der Waals surface area contributed by atoms with E-state index in [1.54, 1.807) is 27.7 Å². The van der Waals surface area contributed by atoms with Crippen LogP contribution < -0.4 is 16.0 Å². The van der Waals surface area contributed by atoms with Gasteiger partial charge in [-0.3, -0.25) is 4.79 Å². The highest BCUT2D eigenvalue weighted by molar-refractivity contribution is 6.32. The first-order valence-corrected chi connectivity index (χ1v) is 7.64. The Morgan fingerprint density at radius 3 is 2.57 bits per heavy atom. The maximum atomic E-state index is 14.3. The van der Waals surface area contributed by atoms with Crippen LogP contribution in [0, 0.1) is 12.7 Å². The summed E-state index contributed by atoms with van der Waals surface area (Å²) in [5.74, 6) is -0.562. The Kier molecular flexibility index (Phi) is 4.94. The number of hydrogen-bond acceptors (Lipinski definition) is 3. The molecule has 0 fully saturated rings. The average molecular weight is 341 g/mol. The molecule has 0 saturated heterocycles. The molecule has 0 aliphatic heterocycles. The number of H-pyrrole nitrogens is 1. The summed E-state index contributed by atoms with van der Waals surface area (Å²) >= 11 is 5.96. The van der Waals surface area contributed by atoms with E-state index in [4.69, 9.17) is 16.3 Å². The summed E-state index contributed by atoms with van der Waals surface area (Å²) < 4.78 is 20.6. The smallest absolute Gasteiger partial charge is 0.333 e. The third-order valence-corrected chi connectivity index (χ3v) is 3.67. The molecule has 1 aromatic heterocycles. The molecule has 2 rings (SSSR count). The van der Waals surface area contributed by atoms with E-state index in [1.807, 2.05) is 0 Å². The van der Waals surface area contributed by atoms with E-state index in [0.29, 0.717) is 17.7 Å². The number of aromatic nitrogens is 2. The number of rotatable bonds is 4. The summed E-state index contributed by atoms with van der Waals surface area (Å²) in [6.45, 7) is 7.01. The lowest BCUT2D eigenvalue weighted by atomic mass is 10.2. The molecule has 0 aliphatic carbocycles. The highest BCUT2D eigenvalue weighted by Crippen LogP contribution is 2.29. The minimum absolute atomic E-state index is 0.0762. The Morgan fingerprint density at radius 1 is 1.35 bits per heavy atom. The van der Waals surface area contributed by atoms with Gasteiger partial charge in [-0.1, -0.05) is 18.5 Å². The molecule has 2 aromatic rings. The molecule has 0 radical (unpaired) electrons. The van der Waals surface area contributed by atoms with E-state index >= 15 is 0 Å². The number of nitrogens with one attached hydrogen (secondary N) is 1. The van der Waals surface area contributed by atoms with Gasteiger partial charge in [0.25, 0.3) is 5.56 Å². The van der Waals surface area contributed by atoms with Crippen LogP contribution in [0.5, 0.6) is 5.75 Å². The molecule has 0 bridgehead atoms. The minimum atomic E-state index is -0.774. The fourth-order valence-electron chi connectivity index (χ4n) is 2.35. The normalized spacial score (nSPS) is 11.1. The molecule has 7 heteroatoms. The molecular formula is C16H18ClFN2O3. The van der Waals surface area contributed by atoms with E-state index in [9.17, 15) is 14.0 Å². The van der Waals surface area contributed by atoms with E-state index < -0.39 is 17.1 Å². The van der Waals surface area contributed by atoms with Crippen molar-refractivity contribution in [2.24, 2.45) is 0 Å². The summed E-state index contributed by atoms with van der Waals surface area (Å²) in [6.07, 6.45) is 0.233. The topological polar surface area (TPSA) is 64.1 Å². The Bertz CT molecular complexity index is 856. The third kappa shape index (κ3) is 3.32. The number of halogens is 2. The molecule has 23 heavy (non-hydrogen) atoms. The van der Waals surface area contributed by atoms with E-state index in [2.05, 4.69) is 4.98 Å². The van der Waals surface area contributed by atoms with Gasteiger partial charge in [0.1, 0.15) is 11.6 Å². The number of aromatic amines is 1. The molecule has 1 heterocycles. The Balaban J connectivity index is 2.77. The van der Waals surface area contributed by atoms with Crippen molar-refractivity contribution in [1.82, 2.24) is 9.55 Å². The molecule has 0 aliphatic rings. The summed E-state index contributed by atoms with van der Waals surface area (Å²) in [7, 11) is 0. The van der Waals surface area contributed by atoms with E-state index in [-0.39, 0.29) is 22.6 Å². The standard InChI is InChI=1S/C16H18ClFN2O3/c1-5-10-9(4)19-16(22)20(15(10)21)13-7-14(23-8(2)3)11(17)6-12(13)18/h6-8H,5H2,1-4H3,(H,19,22). The molecule has 1 aromatic carbocycles. The number of hydrogen-bond donors (Lipinski definition) is 1. The lowest BCUT2D eigenvalue weighted by Crippen LogP contribution is -2.37. The van der Waals surface area contributed by atoms with Crippen molar-refractivity contribution >= 4 is 11.6 Å². The van der Waals surface area contributed by atoms with Crippen molar-refractivity contribution < 1.29 is 9.13 Å². The maximum absolute atomic E-state index is 14.3. The molecule has 1 N–H and O–H groups in total. The van der Waals surface area contributed by atoms with Gasteiger partial charge in [0.15, 0.2) is 0 Å². The average Bonchev–Trinajstić information content (AvgIpc) is 2.43. The van der Waals surface area contributed by atoms with Crippen LogP contribution in [-0.4, -0.2) is 15.7 Å². The summed E-state index contributed by atoms with van der Waals surface area (Å²) in [6, 6.07) is 2.30. The number of ether oxygens (including phenoxy) is 1. The van der Waals surface area contributed by atoms with E-state index in [1.165, 1.54) is 6.07 Å². The molecule has 0 amide bonds. The Morgan fingerprint density at radius 2 is 2.00 bits per heavy atom. The minimum Gasteiger partial charge on any atom is -0.489 e. The Hall–Kier alpha value is -2.08. The monoisotopic (exact) mass is 340 g/mol. The fourth-order valence-corrected chi connectivity index (χ4v) is 2.54. The zero-order valence-corrected chi connectivity index (χ0v) is 14.1. The highest BCUT2D eigenvalue weighted by Gasteiger charge is 2.18. The SMILES string of the molecule is CCc1c(C)[nH]c(=O)n(-c2cc(OC(C)C)c(Cl)cc2F)c1=O. The van der Waals surface area contributed by atoms with Gasteiger partial charge >= 0.3 is 5.69 Å². The van der Waals surface area contributed by atoms with Crippen LogP contribution >= 0.6 is 11.6 Å². The van der Waals surface area contributed by atoms with Gasteiger partial charge in [-0.05, 0) is 33.3 Å². The van der Waals surface area contributed by atoms with Crippen LogP contribution in [0.4, 0.5) is 4.39 Å². The molecule has 0 atom stereocenters. The van der Waals surface area contributed by atoms with Gasteiger partial charge in [-0.2, -0.15) is 0 Å². The zero-order valence-electron chi connectivity index (χ0n) is 13.4. The number of aryl methyl sites for hydroxylation is 1. The van der Waals surface area contributed by atoms with Gasteiger partial charge in [-0.15, -0.1) is 0 Å². The third-order valence-electron chi connectivity index (χ3n) is 3.37. The zero-order chi connectivity index (χ0) is 17.3. The largest absolute Gasteiger partial charge is 0.489 e. The van der Waals surface area contributed by atoms with Gasteiger partial charge in [-0.25, -0.2) is 13.8 Å². The second-order valence-corrected chi connectivity index (χ2v) is 5.84. The van der Waals surface area contributed by atoms with Crippen LogP contribution in [0.3, 0.4) is 0 Å². The van der Waals surface area contributed by atoms with Crippen molar-refractivity contribution in [3.63, 3.8) is 0 Å². The highest BCUT2D eigenvalue weighted by atomic mass is 35.5. The number of nitrogens with zero attached hydrogens (tertiary/aromatic N) is 1. The van der Waals surface area contributed by atoms with Crippen molar-refractivity contribution in [1.29, 1.82) is 0 Å². The second kappa shape index (κ2) is 6.58.